The van der Waals surface area contributed by atoms with E-state index < -0.39 is 0 Å². The molecule has 0 atom stereocenters. The second kappa shape index (κ2) is 8.44. The zero-order valence-electron chi connectivity index (χ0n) is 17.9. The predicted octanol–water partition coefficient (Wildman–Crippen LogP) is 6.25. The molecule has 2 heterocycles. The van der Waals surface area contributed by atoms with Crippen LogP contribution in [-0.4, -0.2) is 29.8 Å². The van der Waals surface area contributed by atoms with Gasteiger partial charge in [0.15, 0.2) is 3.95 Å². The van der Waals surface area contributed by atoms with Crippen molar-refractivity contribution in [2.75, 3.05) is 18.6 Å². The minimum Gasteiger partial charge on any atom is -0.496 e. The van der Waals surface area contributed by atoms with Crippen LogP contribution in [0.1, 0.15) is 41.8 Å². The van der Waals surface area contributed by atoms with Crippen molar-refractivity contribution < 1.29 is 9.84 Å². The van der Waals surface area contributed by atoms with E-state index in [1.165, 1.54) is 40.1 Å². The number of hydrogen-bond donors (Lipinski definition) is 2. The molecule has 1 aliphatic rings. The zero-order valence-corrected chi connectivity index (χ0v) is 19.5. The van der Waals surface area contributed by atoms with Crippen LogP contribution in [0.2, 0.25) is 0 Å². The number of H-pyrrole nitrogens is 1. The van der Waals surface area contributed by atoms with Gasteiger partial charge >= 0.3 is 0 Å². The van der Waals surface area contributed by atoms with Crippen LogP contribution in [0.3, 0.4) is 0 Å². The maximum atomic E-state index is 10.1. The molecule has 0 unspecified atom stereocenters. The normalized spacial score (nSPS) is 13.6. The molecule has 0 saturated heterocycles. The summed E-state index contributed by atoms with van der Waals surface area (Å²) in [6.07, 6.45) is 2.92. The van der Waals surface area contributed by atoms with Gasteiger partial charge in [0.25, 0.3) is 0 Å². The minimum atomic E-state index is 0.168. The average Bonchev–Trinajstić information content (AvgIpc) is 3.03. The van der Waals surface area contributed by atoms with E-state index >= 15 is 0 Å². The third-order valence-electron chi connectivity index (χ3n) is 5.82. The number of hydrogen-bond acceptors (Lipinski definition) is 5. The Morgan fingerprint density at radius 2 is 2.03 bits per heavy atom. The van der Waals surface area contributed by atoms with Crippen molar-refractivity contribution in [3.63, 3.8) is 0 Å². The highest BCUT2D eigenvalue weighted by atomic mass is 32.1. The highest BCUT2D eigenvalue weighted by Crippen LogP contribution is 2.39. The Morgan fingerprint density at radius 3 is 2.70 bits per heavy atom. The molecule has 4 nitrogen and oxygen atoms in total. The molecule has 4 rings (SSSR count). The SMILES string of the molecule is COc1ccc(Cc2sc(=S)[nH]c2O)cc1-c1cc2c(cc1C)N(C(C)C)CCC2. The number of ether oxygens (including phenoxy) is 1. The molecule has 6 heteroatoms. The van der Waals surface area contributed by atoms with Gasteiger partial charge in [0.2, 0.25) is 5.88 Å². The Bertz CT molecular complexity index is 1130. The quantitative estimate of drug-likeness (QED) is 0.461. The molecular weight excluding hydrogens is 412 g/mol. The lowest BCUT2D eigenvalue weighted by atomic mass is 9.90. The third-order valence-corrected chi connectivity index (χ3v) is 7.05. The van der Waals surface area contributed by atoms with Crippen LogP contribution in [0.15, 0.2) is 30.3 Å². The summed E-state index contributed by atoms with van der Waals surface area (Å²) in [6, 6.07) is 11.4. The molecule has 0 aliphatic carbocycles. The summed E-state index contributed by atoms with van der Waals surface area (Å²) in [6.45, 7) is 7.82. The van der Waals surface area contributed by atoms with E-state index in [-0.39, 0.29) is 5.88 Å². The lowest BCUT2D eigenvalue weighted by Gasteiger charge is -2.35. The number of rotatable bonds is 5. The summed E-state index contributed by atoms with van der Waals surface area (Å²) in [7, 11) is 1.72. The Kier molecular flexibility index (Phi) is 5.89. The van der Waals surface area contributed by atoms with Crippen LogP contribution >= 0.6 is 23.6 Å². The van der Waals surface area contributed by atoms with Gasteiger partial charge in [-0.25, -0.2) is 0 Å². The predicted molar refractivity (Wildman–Crippen MR) is 128 cm³/mol. The van der Waals surface area contributed by atoms with Crippen molar-refractivity contribution in [3.05, 3.63) is 55.9 Å². The van der Waals surface area contributed by atoms with Crippen molar-refractivity contribution >= 4 is 29.2 Å². The van der Waals surface area contributed by atoms with Gasteiger partial charge in [0, 0.05) is 30.3 Å². The second-order valence-electron chi connectivity index (χ2n) is 8.18. The average molecular weight is 441 g/mol. The number of aromatic amines is 1. The fourth-order valence-corrected chi connectivity index (χ4v) is 5.48. The molecule has 2 N–H and O–H groups in total. The number of methoxy groups -OCH3 is 1. The first kappa shape index (κ1) is 20.9. The van der Waals surface area contributed by atoms with Crippen LogP contribution in [0.5, 0.6) is 11.6 Å². The maximum absolute atomic E-state index is 10.1. The van der Waals surface area contributed by atoms with Crippen molar-refractivity contribution in [2.45, 2.75) is 46.1 Å². The number of thiazole rings is 1. The van der Waals surface area contributed by atoms with Gasteiger partial charge < -0.3 is 19.7 Å². The summed E-state index contributed by atoms with van der Waals surface area (Å²) in [5.74, 6) is 1.03. The van der Waals surface area contributed by atoms with E-state index in [1.807, 2.05) is 6.07 Å². The highest BCUT2D eigenvalue weighted by Gasteiger charge is 2.22. The smallest absolute Gasteiger partial charge is 0.203 e. The molecule has 0 radical (unpaired) electrons. The zero-order chi connectivity index (χ0) is 21.4. The van der Waals surface area contributed by atoms with Gasteiger partial charge in [-0.15, -0.1) is 11.3 Å². The minimum absolute atomic E-state index is 0.168. The molecule has 0 spiro atoms. The molecule has 3 aromatic rings. The van der Waals surface area contributed by atoms with E-state index in [1.54, 1.807) is 7.11 Å². The van der Waals surface area contributed by atoms with Gasteiger partial charge in [-0.1, -0.05) is 6.07 Å². The summed E-state index contributed by atoms with van der Waals surface area (Å²) in [4.78, 5) is 6.17. The Labute approximate surface area is 187 Å². The van der Waals surface area contributed by atoms with Gasteiger partial charge in [0.1, 0.15) is 5.75 Å². The number of benzene rings is 2. The Morgan fingerprint density at radius 1 is 1.23 bits per heavy atom. The number of aromatic nitrogens is 1. The second-order valence-corrected chi connectivity index (χ2v) is 9.96. The van der Waals surface area contributed by atoms with E-state index in [9.17, 15) is 5.11 Å². The van der Waals surface area contributed by atoms with Crippen LogP contribution in [0.4, 0.5) is 5.69 Å². The van der Waals surface area contributed by atoms with E-state index in [0.717, 1.165) is 34.7 Å². The molecule has 2 aromatic carbocycles. The third kappa shape index (κ3) is 3.98. The molecule has 0 fully saturated rings. The number of anilines is 1. The Balaban J connectivity index is 1.77. The maximum Gasteiger partial charge on any atom is 0.203 e. The first-order valence-electron chi connectivity index (χ1n) is 10.4. The van der Waals surface area contributed by atoms with Gasteiger partial charge in [0.05, 0.1) is 12.0 Å². The molecule has 0 saturated carbocycles. The van der Waals surface area contributed by atoms with E-state index in [0.29, 0.717) is 16.4 Å². The number of aryl methyl sites for hydroxylation is 2. The number of nitrogens with zero attached hydrogens (tertiary/aromatic N) is 1. The number of aromatic hydroxyl groups is 1. The Hall–Kier alpha value is -2.31. The lowest BCUT2D eigenvalue weighted by molar-refractivity contribution is 0.416. The number of nitrogens with one attached hydrogen (secondary N) is 1. The molecule has 1 aliphatic heterocycles. The monoisotopic (exact) mass is 440 g/mol. The van der Waals surface area contributed by atoms with E-state index in [4.69, 9.17) is 17.0 Å². The van der Waals surface area contributed by atoms with Crippen molar-refractivity contribution in [1.29, 1.82) is 0 Å². The molecule has 158 valence electrons. The summed E-state index contributed by atoms with van der Waals surface area (Å²) < 4.78 is 6.31. The molecule has 30 heavy (non-hydrogen) atoms. The van der Waals surface area contributed by atoms with Crippen LogP contribution in [0.25, 0.3) is 11.1 Å². The fourth-order valence-electron chi connectivity index (χ4n) is 4.32. The van der Waals surface area contributed by atoms with Crippen LogP contribution in [0, 0.1) is 10.9 Å². The fraction of sp³-hybridized carbons (Fsp3) is 0.375. The summed E-state index contributed by atoms with van der Waals surface area (Å²) in [5.41, 5.74) is 7.44. The van der Waals surface area contributed by atoms with Crippen molar-refractivity contribution in [1.82, 2.24) is 4.98 Å². The standard InChI is InChI=1S/C24H28N2O2S2/c1-14(2)26-9-5-6-17-13-18(15(3)10-20(17)26)19-11-16(7-8-21(19)28-4)12-22-23(27)25-24(29)30-22/h7-8,10-11,13-14,27H,5-6,9,12H2,1-4H3,(H,25,29). The summed E-state index contributed by atoms with van der Waals surface area (Å²) >= 11 is 6.58. The summed E-state index contributed by atoms with van der Waals surface area (Å²) in [5, 5.41) is 10.1. The first-order valence-corrected chi connectivity index (χ1v) is 11.6. The molecule has 0 amide bonds. The highest BCUT2D eigenvalue weighted by molar-refractivity contribution is 7.73. The first-order chi connectivity index (χ1) is 14.4. The number of fused-ring (bicyclic) bond motifs is 1. The molecule has 1 aromatic heterocycles. The van der Waals surface area contributed by atoms with Crippen molar-refractivity contribution in [3.8, 4) is 22.8 Å². The van der Waals surface area contributed by atoms with Crippen molar-refractivity contribution in [2.24, 2.45) is 0 Å². The van der Waals surface area contributed by atoms with Gasteiger partial charge in [-0.05, 0) is 92.4 Å². The van der Waals surface area contributed by atoms with Crippen LogP contribution in [-0.2, 0) is 12.8 Å². The molecular formula is C24H28N2O2S2. The largest absolute Gasteiger partial charge is 0.496 e. The van der Waals surface area contributed by atoms with Gasteiger partial charge in [-0.2, -0.15) is 0 Å². The van der Waals surface area contributed by atoms with E-state index in [2.05, 4.69) is 54.9 Å². The topological polar surface area (TPSA) is 48.5 Å². The molecule has 0 bridgehead atoms. The lowest BCUT2D eigenvalue weighted by Crippen LogP contribution is -2.35. The van der Waals surface area contributed by atoms with Crippen LogP contribution < -0.4 is 9.64 Å². The van der Waals surface area contributed by atoms with Gasteiger partial charge in [-0.3, -0.25) is 0 Å².